The fraction of sp³-hybridized carbons (Fsp3) is 0.0769. The van der Waals surface area contributed by atoms with Gasteiger partial charge in [0, 0.05) is 0 Å². The van der Waals surface area contributed by atoms with Gasteiger partial charge in [0.25, 0.3) is 0 Å². The van der Waals surface area contributed by atoms with Gasteiger partial charge in [-0.25, -0.2) is 0 Å². The summed E-state index contributed by atoms with van der Waals surface area (Å²) in [7, 11) is 0. The minimum atomic E-state index is 0.324. The molecule has 5 heteroatoms. The van der Waals surface area contributed by atoms with Crippen molar-refractivity contribution in [1.29, 1.82) is 0 Å². The molecule has 0 unspecified atom stereocenters. The molecule has 0 aromatic heterocycles. The Morgan fingerprint density at radius 3 is 2.39 bits per heavy atom. The summed E-state index contributed by atoms with van der Waals surface area (Å²) < 4.78 is 5.59. The molecule has 0 saturated carbocycles. The van der Waals surface area contributed by atoms with Crippen LogP contribution in [0.5, 0.6) is 5.75 Å². The van der Waals surface area contributed by atoms with E-state index in [-0.39, 0.29) is 0 Å². The van der Waals surface area contributed by atoms with Gasteiger partial charge in [-0.1, -0.05) is 46.9 Å². The zero-order valence-corrected chi connectivity index (χ0v) is 11.6. The number of hydrogen-bond acceptors (Lipinski definition) is 2. The number of ether oxygens (including phenoxy) is 1. The highest BCUT2D eigenvalue weighted by atomic mass is 35.5. The number of nitrogens with two attached hydrogens (primary N) is 1. The summed E-state index contributed by atoms with van der Waals surface area (Å²) in [6.45, 7) is 0.324. The van der Waals surface area contributed by atoms with E-state index in [0.29, 0.717) is 33.1 Å². The monoisotopic (exact) mass is 301 g/mol. The van der Waals surface area contributed by atoms with Crippen LogP contribution in [0.15, 0.2) is 36.4 Å². The highest BCUT2D eigenvalue weighted by molar-refractivity contribution is 6.42. The van der Waals surface area contributed by atoms with Crippen molar-refractivity contribution in [3.05, 3.63) is 57.0 Å². The molecule has 2 aromatic carbocycles. The summed E-state index contributed by atoms with van der Waals surface area (Å²) in [6, 6.07) is 10.5. The van der Waals surface area contributed by atoms with Gasteiger partial charge in [-0.3, -0.25) is 0 Å². The predicted octanol–water partition coefficient (Wildman–Crippen LogP) is 4.81. The zero-order chi connectivity index (χ0) is 13.1. The molecule has 0 saturated heterocycles. The molecule has 94 valence electrons. The first-order chi connectivity index (χ1) is 8.58. The van der Waals surface area contributed by atoms with Gasteiger partial charge in [0.2, 0.25) is 0 Å². The maximum Gasteiger partial charge on any atom is 0.161 e. The molecule has 0 bridgehead atoms. The van der Waals surface area contributed by atoms with Crippen LogP contribution in [-0.4, -0.2) is 0 Å². The van der Waals surface area contributed by atoms with E-state index in [1.807, 2.05) is 6.07 Å². The van der Waals surface area contributed by atoms with Gasteiger partial charge in [0.05, 0.1) is 20.8 Å². The summed E-state index contributed by atoms with van der Waals surface area (Å²) in [5.74, 6) is 0.477. The second-order valence-electron chi connectivity index (χ2n) is 3.70. The molecule has 0 heterocycles. The summed E-state index contributed by atoms with van der Waals surface area (Å²) in [5.41, 5.74) is 7.18. The first kappa shape index (κ1) is 13.3. The van der Waals surface area contributed by atoms with Gasteiger partial charge in [0.15, 0.2) is 5.75 Å². The molecule has 18 heavy (non-hydrogen) atoms. The Morgan fingerprint density at radius 2 is 1.72 bits per heavy atom. The molecule has 0 amide bonds. The SMILES string of the molecule is Nc1cccc(Cl)c1OCc1ccc(Cl)c(Cl)c1. The molecule has 0 aliphatic rings. The fourth-order valence-electron chi connectivity index (χ4n) is 1.46. The number of para-hydroxylation sites is 1. The van der Waals surface area contributed by atoms with Gasteiger partial charge in [0.1, 0.15) is 6.61 Å². The second kappa shape index (κ2) is 5.70. The van der Waals surface area contributed by atoms with E-state index in [0.717, 1.165) is 5.56 Å². The summed E-state index contributed by atoms with van der Waals surface area (Å²) in [5, 5.41) is 1.48. The normalized spacial score (nSPS) is 10.4. The average molecular weight is 303 g/mol. The molecule has 0 aliphatic heterocycles. The number of halogens is 3. The van der Waals surface area contributed by atoms with E-state index in [1.165, 1.54) is 0 Å². The standard InChI is InChI=1S/C13H10Cl3NO/c14-9-5-4-8(6-11(9)16)7-18-13-10(15)2-1-3-12(13)17/h1-6H,7,17H2. The lowest BCUT2D eigenvalue weighted by atomic mass is 10.2. The highest BCUT2D eigenvalue weighted by Gasteiger charge is 2.06. The lowest BCUT2D eigenvalue weighted by Crippen LogP contribution is -1.99. The zero-order valence-electron chi connectivity index (χ0n) is 9.29. The van der Waals surface area contributed by atoms with Crippen LogP contribution >= 0.6 is 34.8 Å². The molecule has 0 radical (unpaired) electrons. The van der Waals surface area contributed by atoms with Crippen LogP contribution in [0.4, 0.5) is 5.69 Å². The Kier molecular flexibility index (Phi) is 4.23. The third-order valence-corrected chi connectivity index (χ3v) is 3.40. The Bertz CT molecular complexity index is 552. The van der Waals surface area contributed by atoms with Crippen LogP contribution in [0.3, 0.4) is 0 Å². The molecular formula is C13H10Cl3NO. The topological polar surface area (TPSA) is 35.2 Å². The van der Waals surface area contributed by atoms with Crippen LogP contribution in [0.25, 0.3) is 0 Å². The van der Waals surface area contributed by atoms with Crippen LogP contribution in [-0.2, 0) is 6.61 Å². The summed E-state index contributed by atoms with van der Waals surface area (Å²) in [4.78, 5) is 0. The molecule has 2 N–H and O–H groups in total. The van der Waals surface area contributed by atoms with E-state index < -0.39 is 0 Å². The van der Waals surface area contributed by atoms with Gasteiger partial charge in [-0.05, 0) is 29.8 Å². The van der Waals surface area contributed by atoms with Crippen molar-refractivity contribution in [2.45, 2.75) is 6.61 Å². The molecule has 2 rings (SSSR count). The maximum absolute atomic E-state index is 6.00. The number of nitrogen functional groups attached to an aromatic ring is 1. The molecule has 0 fully saturated rings. The fourth-order valence-corrected chi connectivity index (χ4v) is 2.02. The molecule has 0 atom stereocenters. The number of anilines is 1. The van der Waals surface area contributed by atoms with Crippen LogP contribution in [0.2, 0.25) is 15.1 Å². The highest BCUT2D eigenvalue weighted by Crippen LogP contribution is 2.31. The Hall–Kier alpha value is -1.09. The van der Waals surface area contributed by atoms with Crippen molar-refractivity contribution in [3.63, 3.8) is 0 Å². The van der Waals surface area contributed by atoms with Crippen molar-refractivity contribution in [3.8, 4) is 5.75 Å². The van der Waals surface area contributed by atoms with Crippen molar-refractivity contribution in [2.24, 2.45) is 0 Å². The molecule has 2 aromatic rings. The molecule has 2 nitrogen and oxygen atoms in total. The van der Waals surface area contributed by atoms with Crippen molar-refractivity contribution in [1.82, 2.24) is 0 Å². The van der Waals surface area contributed by atoms with E-state index in [4.69, 9.17) is 45.3 Å². The minimum Gasteiger partial charge on any atom is -0.485 e. The summed E-state index contributed by atoms with van der Waals surface area (Å²) >= 11 is 17.8. The number of hydrogen-bond donors (Lipinski definition) is 1. The van der Waals surface area contributed by atoms with E-state index >= 15 is 0 Å². The second-order valence-corrected chi connectivity index (χ2v) is 4.92. The smallest absolute Gasteiger partial charge is 0.161 e. The largest absolute Gasteiger partial charge is 0.485 e. The van der Waals surface area contributed by atoms with E-state index in [9.17, 15) is 0 Å². The third kappa shape index (κ3) is 3.02. The van der Waals surface area contributed by atoms with E-state index in [2.05, 4.69) is 0 Å². The molecule has 0 aliphatic carbocycles. The van der Waals surface area contributed by atoms with Crippen molar-refractivity contribution >= 4 is 40.5 Å². The van der Waals surface area contributed by atoms with Gasteiger partial charge in [-0.15, -0.1) is 0 Å². The predicted molar refractivity (Wildman–Crippen MR) is 76.7 cm³/mol. The first-order valence-electron chi connectivity index (χ1n) is 5.18. The van der Waals surface area contributed by atoms with Crippen LogP contribution < -0.4 is 10.5 Å². The maximum atomic E-state index is 6.00. The number of benzene rings is 2. The third-order valence-electron chi connectivity index (χ3n) is 2.36. The summed E-state index contributed by atoms with van der Waals surface area (Å²) in [6.07, 6.45) is 0. The van der Waals surface area contributed by atoms with Crippen molar-refractivity contribution in [2.75, 3.05) is 5.73 Å². The van der Waals surface area contributed by atoms with Crippen molar-refractivity contribution < 1.29 is 4.74 Å². The van der Waals surface area contributed by atoms with Crippen LogP contribution in [0.1, 0.15) is 5.56 Å². The van der Waals surface area contributed by atoms with E-state index in [1.54, 1.807) is 30.3 Å². The Labute approximate surface area is 120 Å². The molecular weight excluding hydrogens is 293 g/mol. The Balaban J connectivity index is 2.14. The minimum absolute atomic E-state index is 0.324. The van der Waals surface area contributed by atoms with Crippen LogP contribution in [0, 0.1) is 0 Å². The van der Waals surface area contributed by atoms with Gasteiger partial charge < -0.3 is 10.5 Å². The van der Waals surface area contributed by atoms with Gasteiger partial charge >= 0.3 is 0 Å². The average Bonchev–Trinajstić information content (AvgIpc) is 2.33. The first-order valence-corrected chi connectivity index (χ1v) is 6.32. The Morgan fingerprint density at radius 1 is 0.944 bits per heavy atom. The van der Waals surface area contributed by atoms with Gasteiger partial charge in [-0.2, -0.15) is 0 Å². The number of rotatable bonds is 3. The molecule has 0 spiro atoms. The lowest BCUT2D eigenvalue weighted by Gasteiger charge is -2.10. The lowest BCUT2D eigenvalue weighted by molar-refractivity contribution is 0.308. The quantitative estimate of drug-likeness (QED) is 0.826.